The van der Waals surface area contributed by atoms with E-state index in [0.717, 1.165) is 6.07 Å². The quantitative estimate of drug-likeness (QED) is 0.525. The third kappa shape index (κ3) is 3.56. The molecule has 0 aliphatic heterocycles. The SMILES string of the molecule is FC(F)(F)c1cccnc1-c1ccc2c(Nc3ccc(Cl)cn3)cnnc2n1. The van der Waals surface area contributed by atoms with Crippen molar-refractivity contribution in [2.75, 3.05) is 5.32 Å². The lowest BCUT2D eigenvalue weighted by Crippen LogP contribution is -2.09. The monoisotopic (exact) mass is 402 g/mol. The molecular formula is C18H10ClF3N6. The van der Waals surface area contributed by atoms with Crippen molar-refractivity contribution in [1.29, 1.82) is 0 Å². The fourth-order valence-electron chi connectivity index (χ4n) is 2.60. The third-order valence-corrected chi connectivity index (χ3v) is 4.07. The van der Waals surface area contributed by atoms with E-state index in [1.54, 1.807) is 18.2 Å². The summed E-state index contributed by atoms with van der Waals surface area (Å²) >= 11 is 5.82. The Bertz CT molecular complexity index is 1150. The predicted octanol–water partition coefficient (Wildman–Crippen LogP) is 4.90. The van der Waals surface area contributed by atoms with Gasteiger partial charge in [-0.2, -0.15) is 18.3 Å². The minimum absolute atomic E-state index is 0.0523. The van der Waals surface area contributed by atoms with Crippen molar-refractivity contribution in [2.24, 2.45) is 0 Å². The van der Waals surface area contributed by atoms with Crippen molar-refractivity contribution < 1.29 is 13.2 Å². The summed E-state index contributed by atoms with van der Waals surface area (Å²) in [6.07, 6.45) is -0.305. The second-order valence-corrected chi connectivity index (χ2v) is 6.15. The molecular weight excluding hydrogens is 393 g/mol. The normalized spacial score (nSPS) is 11.6. The van der Waals surface area contributed by atoms with Gasteiger partial charge in [0.1, 0.15) is 11.5 Å². The molecule has 1 N–H and O–H groups in total. The molecule has 10 heteroatoms. The van der Waals surface area contributed by atoms with Crippen LogP contribution in [0.3, 0.4) is 0 Å². The van der Waals surface area contributed by atoms with E-state index >= 15 is 0 Å². The van der Waals surface area contributed by atoms with Gasteiger partial charge in [-0.25, -0.2) is 9.97 Å². The highest BCUT2D eigenvalue weighted by Gasteiger charge is 2.34. The molecule has 0 atom stereocenters. The number of alkyl halides is 3. The first kappa shape index (κ1) is 18.1. The second-order valence-electron chi connectivity index (χ2n) is 5.71. The van der Waals surface area contributed by atoms with Crippen LogP contribution in [-0.4, -0.2) is 25.1 Å². The van der Waals surface area contributed by atoms with Gasteiger partial charge in [-0.15, -0.1) is 5.10 Å². The summed E-state index contributed by atoms with van der Waals surface area (Å²) in [6.45, 7) is 0. The number of nitrogens with one attached hydrogen (secondary N) is 1. The Morgan fingerprint density at radius 2 is 1.82 bits per heavy atom. The molecule has 140 valence electrons. The van der Waals surface area contributed by atoms with Crippen LogP contribution in [0.4, 0.5) is 24.7 Å². The molecule has 0 saturated heterocycles. The summed E-state index contributed by atoms with van der Waals surface area (Å²) in [6, 6.07) is 8.61. The van der Waals surface area contributed by atoms with Crippen LogP contribution < -0.4 is 5.32 Å². The van der Waals surface area contributed by atoms with E-state index in [2.05, 4.69) is 30.5 Å². The van der Waals surface area contributed by atoms with E-state index in [1.807, 2.05) is 0 Å². The fourth-order valence-corrected chi connectivity index (χ4v) is 2.71. The van der Waals surface area contributed by atoms with Crippen LogP contribution in [0.1, 0.15) is 5.56 Å². The van der Waals surface area contributed by atoms with Crippen LogP contribution in [0.2, 0.25) is 5.02 Å². The predicted molar refractivity (Wildman–Crippen MR) is 98.1 cm³/mol. The maximum atomic E-state index is 13.3. The number of hydrogen-bond donors (Lipinski definition) is 1. The molecule has 0 aliphatic carbocycles. The van der Waals surface area contributed by atoms with Crippen LogP contribution in [0.25, 0.3) is 22.4 Å². The Balaban J connectivity index is 1.77. The van der Waals surface area contributed by atoms with Crippen LogP contribution >= 0.6 is 11.6 Å². The zero-order valence-electron chi connectivity index (χ0n) is 13.9. The van der Waals surface area contributed by atoms with Crippen molar-refractivity contribution in [3.05, 3.63) is 65.6 Å². The minimum atomic E-state index is -4.55. The van der Waals surface area contributed by atoms with E-state index in [9.17, 15) is 13.2 Å². The Labute approximate surface area is 161 Å². The molecule has 0 bridgehead atoms. The number of anilines is 2. The first-order chi connectivity index (χ1) is 13.4. The number of aromatic nitrogens is 5. The first-order valence-electron chi connectivity index (χ1n) is 7.95. The molecule has 6 nitrogen and oxygen atoms in total. The van der Waals surface area contributed by atoms with Gasteiger partial charge in [-0.3, -0.25) is 4.98 Å². The molecule has 0 radical (unpaired) electrons. The second kappa shape index (κ2) is 7.01. The van der Waals surface area contributed by atoms with Crippen LogP contribution in [-0.2, 0) is 6.18 Å². The molecule has 4 aromatic rings. The maximum absolute atomic E-state index is 13.3. The van der Waals surface area contributed by atoms with Gasteiger partial charge in [-0.05, 0) is 36.4 Å². The lowest BCUT2D eigenvalue weighted by molar-refractivity contribution is -0.137. The van der Waals surface area contributed by atoms with Crippen LogP contribution in [0.15, 0.2) is 55.0 Å². The number of hydrogen-bond acceptors (Lipinski definition) is 6. The van der Waals surface area contributed by atoms with Crippen LogP contribution in [0, 0.1) is 0 Å². The van der Waals surface area contributed by atoms with E-state index in [0.29, 0.717) is 21.9 Å². The molecule has 0 saturated carbocycles. The van der Waals surface area contributed by atoms with Gasteiger partial charge in [-0.1, -0.05) is 11.6 Å². The molecule has 28 heavy (non-hydrogen) atoms. The van der Waals surface area contributed by atoms with Gasteiger partial charge in [0, 0.05) is 17.8 Å². The van der Waals surface area contributed by atoms with Crippen LogP contribution in [0.5, 0.6) is 0 Å². The van der Waals surface area contributed by atoms with Gasteiger partial charge in [0.15, 0.2) is 5.65 Å². The zero-order chi connectivity index (χ0) is 19.7. The van der Waals surface area contributed by atoms with Crippen molar-refractivity contribution in [1.82, 2.24) is 25.1 Å². The first-order valence-corrected chi connectivity index (χ1v) is 8.33. The summed E-state index contributed by atoms with van der Waals surface area (Å²) in [5, 5.41) is 11.9. The highest BCUT2D eigenvalue weighted by molar-refractivity contribution is 6.30. The van der Waals surface area contributed by atoms with Crippen molar-refractivity contribution in [3.63, 3.8) is 0 Å². The Kier molecular flexibility index (Phi) is 4.52. The minimum Gasteiger partial charge on any atom is -0.338 e. The standard InChI is InChI=1S/C18H10ClF3N6/c19-10-3-6-15(24-8-10)26-14-9-25-28-17-11(14)4-5-13(27-17)16-12(18(20,21)22)2-1-7-23-16/h1-9H,(H,24,26,27,28). The number of pyridine rings is 3. The molecule has 0 amide bonds. The Morgan fingerprint density at radius 1 is 0.964 bits per heavy atom. The summed E-state index contributed by atoms with van der Waals surface area (Å²) in [5.41, 5.74) is -0.353. The highest BCUT2D eigenvalue weighted by Crippen LogP contribution is 2.35. The smallest absolute Gasteiger partial charge is 0.338 e. The van der Waals surface area contributed by atoms with E-state index < -0.39 is 11.7 Å². The Morgan fingerprint density at radius 3 is 2.57 bits per heavy atom. The lowest BCUT2D eigenvalue weighted by atomic mass is 10.1. The van der Waals surface area contributed by atoms with Crippen molar-refractivity contribution in [3.8, 4) is 11.4 Å². The molecule has 0 aliphatic rings. The molecule has 0 fully saturated rings. The molecule has 0 spiro atoms. The van der Waals surface area contributed by atoms with E-state index in [4.69, 9.17) is 11.6 Å². The molecule has 4 heterocycles. The number of fused-ring (bicyclic) bond motifs is 1. The van der Waals surface area contributed by atoms with E-state index in [-0.39, 0.29) is 17.0 Å². The van der Waals surface area contributed by atoms with Gasteiger partial charge < -0.3 is 5.32 Å². The summed E-state index contributed by atoms with van der Waals surface area (Å²) in [7, 11) is 0. The summed E-state index contributed by atoms with van der Waals surface area (Å²) < 4.78 is 39.8. The lowest BCUT2D eigenvalue weighted by Gasteiger charge is -2.12. The number of halogens is 4. The van der Waals surface area contributed by atoms with Gasteiger partial charge in [0.05, 0.1) is 28.2 Å². The molecule has 4 aromatic heterocycles. The van der Waals surface area contributed by atoms with Gasteiger partial charge in [0.2, 0.25) is 0 Å². The average molecular weight is 403 g/mol. The topological polar surface area (TPSA) is 76.5 Å². The third-order valence-electron chi connectivity index (χ3n) is 3.85. The van der Waals surface area contributed by atoms with Gasteiger partial charge >= 0.3 is 6.18 Å². The molecule has 4 rings (SSSR count). The Hall–Kier alpha value is -3.33. The number of rotatable bonds is 3. The zero-order valence-corrected chi connectivity index (χ0v) is 14.7. The largest absolute Gasteiger partial charge is 0.418 e. The van der Waals surface area contributed by atoms with Crippen molar-refractivity contribution in [2.45, 2.75) is 6.18 Å². The molecule has 0 aromatic carbocycles. The molecule has 0 unspecified atom stereocenters. The van der Waals surface area contributed by atoms with Gasteiger partial charge in [0.25, 0.3) is 0 Å². The summed E-state index contributed by atoms with van der Waals surface area (Å²) in [4.78, 5) is 12.2. The fraction of sp³-hybridized carbons (Fsp3) is 0.0556. The van der Waals surface area contributed by atoms with Crippen molar-refractivity contribution >= 4 is 34.1 Å². The maximum Gasteiger partial charge on any atom is 0.418 e. The summed E-state index contributed by atoms with van der Waals surface area (Å²) in [5.74, 6) is 0.520. The van der Waals surface area contributed by atoms with E-state index in [1.165, 1.54) is 30.7 Å². The average Bonchev–Trinajstić information content (AvgIpc) is 2.69. The number of nitrogens with zero attached hydrogens (tertiary/aromatic N) is 5. The highest BCUT2D eigenvalue weighted by atomic mass is 35.5.